The first kappa shape index (κ1) is 13.5. The Hall–Kier alpha value is -1.89. The summed E-state index contributed by atoms with van der Waals surface area (Å²) in [6.07, 6.45) is 1.45. The molecule has 0 saturated carbocycles. The number of methoxy groups -OCH3 is 1. The standard InChI is InChI=1S/C12H15FN4OS/c1-17(2)12-16-11(18-3)9(19-12)7-14-8-4-5-10(13)15-6-8/h4-6,14H,7H2,1-3H3. The van der Waals surface area contributed by atoms with Crippen LogP contribution < -0.4 is 15.0 Å². The molecule has 0 aliphatic carbocycles. The third-order valence-corrected chi connectivity index (χ3v) is 3.61. The number of aromatic nitrogens is 2. The van der Waals surface area contributed by atoms with Crippen molar-refractivity contribution >= 4 is 22.2 Å². The second-order valence-electron chi connectivity index (χ2n) is 4.05. The summed E-state index contributed by atoms with van der Waals surface area (Å²) in [4.78, 5) is 10.9. The first-order chi connectivity index (χ1) is 9.10. The van der Waals surface area contributed by atoms with Crippen molar-refractivity contribution in [1.29, 1.82) is 0 Å². The highest BCUT2D eigenvalue weighted by Crippen LogP contribution is 2.30. The summed E-state index contributed by atoms with van der Waals surface area (Å²) in [5.74, 6) is 0.118. The summed E-state index contributed by atoms with van der Waals surface area (Å²) in [7, 11) is 5.45. The van der Waals surface area contributed by atoms with Gasteiger partial charge in [-0.2, -0.15) is 9.37 Å². The molecule has 1 N–H and O–H groups in total. The third kappa shape index (κ3) is 3.31. The zero-order valence-electron chi connectivity index (χ0n) is 11.0. The summed E-state index contributed by atoms with van der Waals surface area (Å²) in [6.45, 7) is 0.558. The van der Waals surface area contributed by atoms with Crippen LogP contribution in [0, 0.1) is 5.95 Å². The minimum atomic E-state index is -0.490. The highest BCUT2D eigenvalue weighted by atomic mass is 32.1. The average molecular weight is 282 g/mol. The van der Waals surface area contributed by atoms with Crippen molar-refractivity contribution in [3.63, 3.8) is 0 Å². The number of nitrogens with one attached hydrogen (secondary N) is 1. The largest absolute Gasteiger partial charge is 0.480 e. The molecular formula is C12H15FN4OS. The van der Waals surface area contributed by atoms with Gasteiger partial charge in [-0.05, 0) is 12.1 Å². The van der Waals surface area contributed by atoms with Crippen molar-refractivity contribution in [2.75, 3.05) is 31.4 Å². The van der Waals surface area contributed by atoms with Crippen molar-refractivity contribution in [2.24, 2.45) is 0 Å². The fourth-order valence-electron chi connectivity index (χ4n) is 1.45. The number of anilines is 2. The second kappa shape index (κ2) is 5.83. The van der Waals surface area contributed by atoms with E-state index >= 15 is 0 Å². The highest BCUT2D eigenvalue weighted by molar-refractivity contribution is 7.15. The summed E-state index contributed by atoms with van der Waals surface area (Å²) in [5, 5.41) is 4.04. The van der Waals surface area contributed by atoms with E-state index in [-0.39, 0.29) is 0 Å². The minimum Gasteiger partial charge on any atom is -0.480 e. The number of pyridine rings is 1. The van der Waals surface area contributed by atoms with Crippen molar-refractivity contribution in [3.8, 4) is 5.88 Å². The van der Waals surface area contributed by atoms with Crippen LogP contribution in [0.5, 0.6) is 5.88 Å². The lowest BCUT2D eigenvalue weighted by Crippen LogP contribution is -2.07. The molecule has 2 aromatic rings. The molecule has 0 atom stereocenters. The van der Waals surface area contributed by atoms with Crippen LogP contribution in [-0.2, 0) is 6.54 Å². The molecule has 102 valence electrons. The number of halogens is 1. The van der Waals surface area contributed by atoms with Gasteiger partial charge in [0.15, 0.2) is 5.13 Å². The normalized spacial score (nSPS) is 10.3. The molecule has 0 radical (unpaired) electrons. The molecule has 0 unspecified atom stereocenters. The maximum atomic E-state index is 12.7. The van der Waals surface area contributed by atoms with Gasteiger partial charge in [0.25, 0.3) is 0 Å². The van der Waals surface area contributed by atoms with E-state index in [2.05, 4.69) is 15.3 Å². The lowest BCUT2D eigenvalue weighted by atomic mass is 10.4. The molecule has 2 aromatic heterocycles. The Labute approximate surface area is 115 Å². The first-order valence-electron chi connectivity index (χ1n) is 5.66. The maximum absolute atomic E-state index is 12.7. The number of rotatable bonds is 5. The number of hydrogen-bond acceptors (Lipinski definition) is 6. The van der Waals surface area contributed by atoms with Crippen molar-refractivity contribution in [1.82, 2.24) is 9.97 Å². The van der Waals surface area contributed by atoms with E-state index in [1.165, 1.54) is 12.3 Å². The lowest BCUT2D eigenvalue weighted by molar-refractivity contribution is 0.397. The molecular weight excluding hydrogens is 267 g/mol. The van der Waals surface area contributed by atoms with Gasteiger partial charge in [-0.25, -0.2) is 4.98 Å². The van der Waals surface area contributed by atoms with Crippen LogP contribution in [0.4, 0.5) is 15.2 Å². The van der Waals surface area contributed by atoms with Crippen molar-refractivity contribution in [3.05, 3.63) is 29.2 Å². The van der Waals surface area contributed by atoms with E-state index in [1.54, 1.807) is 24.5 Å². The van der Waals surface area contributed by atoms with E-state index in [0.717, 1.165) is 15.7 Å². The van der Waals surface area contributed by atoms with Gasteiger partial charge in [-0.15, -0.1) is 0 Å². The number of hydrogen-bond donors (Lipinski definition) is 1. The smallest absolute Gasteiger partial charge is 0.231 e. The number of thiazole rings is 1. The maximum Gasteiger partial charge on any atom is 0.231 e. The van der Waals surface area contributed by atoms with Crippen LogP contribution in [-0.4, -0.2) is 31.2 Å². The molecule has 0 saturated heterocycles. The van der Waals surface area contributed by atoms with Gasteiger partial charge < -0.3 is 15.0 Å². The van der Waals surface area contributed by atoms with Crippen LogP contribution in [0.3, 0.4) is 0 Å². The van der Waals surface area contributed by atoms with Gasteiger partial charge >= 0.3 is 0 Å². The molecule has 2 heterocycles. The van der Waals surface area contributed by atoms with Crippen LogP contribution >= 0.6 is 11.3 Å². The fraction of sp³-hybridized carbons (Fsp3) is 0.333. The van der Waals surface area contributed by atoms with Crippen LogP contribution in [0.25, 0.3) is 0 Å². The van der Waals surface area contributed by atoms with Gasteiger partial charge in [0.1, 0.15) is 0 Å². The van der Waals surface area contributed by atoms with Gasteiger partial charge in [0.05, 0.1) is 30.4 Å². The molecule has 0 bridgehead atoms. The second-order valence-corrected chi connectivity index (χ2v) is 5.11. The highest BCUT2D eigenvalue weighted by Gasteiger charge is 2.12. The zero-order chi connectivity index (χ0) is 13.8. The molecule has 0 aromatic carbocycles. The van der Waals surface area contributed by atoms with Gasteiger partial charge in [0.2, 0.25) is 11.8 Å². The van der Waals surface area contributed by atoms with E-state index in [4.69, 9.17) is 4.74 Å². The van der Waals surface area contributed by atoms with Crippen molar-refractivity contribution < 1.29 is 9.13 Å². The third-order valence-electron chi connectivity index (χ3n) is 2.41. The topological polar surface area (TPSA) is 50.3 Å². The Morgan fingerprint density at radius 1 is 1.42 bits per heavy atom. The van der Waals surface area contributed by atoms with Crippen LogP contribution in [0.15, 0.2) is 18.3 Å². The minimum absolute atomic E-state index is 0.490. The van der Waals surface area contributed by atoms with Crippen molar-refractivity contribution in [2.45, 2.75) is 6.54 Å². The summed E-state index contributed by atoms with van der Waals surface area (Å²) in [6, 6.07) is 2.96. The monoisotopic (exact) mass is 282 g/mol. The van der Waals surface area contributed by atoms with Gasteiger partial charge in [0, 0.05) is 14.1 Å². The Morgan fingerprint density at radius 3 is 2.79 bits per heavy atom. The van der Waals surface area contributed by atoms with Crippen LogP contribution in [0.1, 0.15) is 4.88 Å². The molecule has 0 spiro atoms. The van der Waals surface area contributed by atoms with E-state index in [1.807, 2.05) is 19.0 Å². The molecule has 7 heteroatoms. The number of nitrogens with zero attached hydrogens (tertiary/aromatic N) is 3. The molecule has 19 heavy (non-hydrogen) atoms. The van der Waals surface area contributed by atoms with Crippen LogP contribution in [0.2, 0.25) is 0 Å². The van der Waals surface area contributed by atoms with Gasteiger partial charge in [-0.1, -0.05) is 11.3 Å². The molecule has 0 aliphatic rings. The average Bonchev–Trinajstić information content (AvgIpc) is 2.81. The zero-order valence-corrected chi connectivity index (χ0v) is 11.8. The Morgan fingerprint density at radius 2 is 2.21 bits per heavy atom. The Balaban J connectivity index is 2.08. The first-order valence-corrected chi connectivity index (χ1v) is 6.48. The summed E-state index contributed by atoms with van der Waals surface area (Å²) >= 11 is 1.55. The van der Waals surface area contributed by atoms with E-state index in [9.17, 15) is 4.39 Å². The molecule has 5 nitrogen and oxygen atoms in total. The predicted molar refractivity (Wildman–Crippen MR) is 74.5 cm³/mol. The molecule has 0 fully saturated rings. The SMILES string of the molecule is COc1nc(N(C)C)sc1CNc1ccc(F)nc1. The number of ether oxygens (including phenoxy) is 1. The summed E-state index contributed by atoms with van der Waals surface area (Å²) in [5.41, 5.74) is 0.753. The Kier molecular flexibility index (Phi) is 4.16. The predicted octanol–water partition coefficient (Wildman–Crippen LogP) is 2.36. The molecule has 2 rings (SSSR count). The molecule has 0 amide bonds. The molecule has 0 aliphatic heterocycles. The van der Waals surface area contributed by atoms with Gasteiger partial charge in [-0.3, -0.25) is 0 Å². The fourth-order valence-corrected chi connectivity index (χ4v) is 2.34. The summed E-state index contributed by atoms with van der Waals surface area (Å²) < 4.78 is 17.9. The van der Waals surface area contributed by atoms with E-state index in [0.29, 0.717) is 12.4 Å². The Bertz CT molecular complexity index is 541. The van der Waals surface area contributed by atoms with E-state index < -0.39 is 5.95 Å². The lowest BCUT2D eigenvalue weighted by Gasteiger charge is -2.05. The quantitative estimate of drug-likeness (QED) is 0.853.